The molecule has 3 fully saturated rings. The van der Waals surface area contributed by atoms with Crippen molar-refractivity contribution < 1.29 is 71.9 Å². The maximum atomic E-state index is 13.1. The quantitative estimate of drug-likeness (QED) is 0.232. The molecule has 9 nitrogen and oxygen atoms in total. The summed E-state index contributed by atoms with van der Waals surface area (Å²) in [5, 5.41) is 22.9. The van der Waals surface area contributed by atoms with E-state index in [1.54, 1.807) is 12.2 Å². The molecule has 0 amide bonds. The number of aliphatic hydroxyl groups excluding tert-OH is 1. The molecule has 35 heavy (non-hydrogen) atoms. The molecule has 0 spiro atoms. The summed E-state index contributed by atoms with van der Waals surface area (Å²) < 4.78 is 36.9. The normalized spacial score (nSPS) is 40.0. The number of ketones is 2. The van der Waals surface area contributed by atoms with Crippen LogP contribution in [0.3, 0.4) is 0 Å². The Kier molecular flexibility index (Phi) is 8.01. The Morgan fingerprint density at radius 2 is 1.94 bits per heavy atom. The van der Waals surface area contributed by atoms with Crippen LogP contribution < -0.4 is 29.6 Å². The number of rotatable bonds is 6. The number of carbonyl (C=O) groups is 3. The van der Waals surface area contributed by atoms with Crippen LogP contribution in [-0.4, -0.2) is 64.8 Å². The summed E-state index contributed by atoms with van der Waals surface area (Å²) in [6.45, 7) is 3.12. The predicted octanol–water partition coefficient (Wildman–Crippen LogP) is -1.95. The van der Waals surface area contributed by atoms with Gasteiger partial charge in [-0.15, -0.1) is 0 Å². The van der Waals surface area contributed by atoms with Crippen LogP contribution in [0.15, 0.2) is 23.8 Å². The monoisotopic (exact) mass is 518 g/mol. The molecule has 7 atom stereocenters. The Bertz CT molecular complexity index is 1080. The molecule has 0 aromatic carbocycles. The summed E-state index contributed by atoms with van der Waals surface area (Å²) in [5.41, 5.74) is -2.18. The van der Waals surface area contributed by atoms with E-state index in [0.29, 0.717) is 12.8 Å². The van der Waals surface area contributed by atoms with E-state index in [1.165, 1.54) is 0 Å². The van der Waals surface area contributed by atoms with Crippen molar-refractivity contribution >= 4 is 27.7 Å². The van der Waals surface area contributed by atoms with Crippen LogP contribution in [0.4, 0.5) is 0 Å². The van der Waals surface area contributed by atoms with Crippen LogP contribution in [0.1, 0.15) is 52.4 Å². The van der Waals surface area contributed by atoms with Gasteiger partial charge in [0.15, 0.2) is 12.4 Å². The average molecular weight is 519 g/mol. The zero-order valence-corrected chi connectivity index (χ0v) is 23.2. The third-order valence-electron chi connectivity index (χ3n) is 9.03. The van der Waals surface area contributed by atoms with E-state index >= 15 is 0 Å². The van der Waals surface area contributed by atoms with Crippen molar-refractivity contribution in [2.45, 2.75) is 64.1 Å². The Balaban J connectivity index is 0.00000342. The number of ether oxygens (including phenoxy) is 1. The van der Waals surface area contributed by atoms with Gasteiger partial charge in [-0.05, 0) is 56.1 Å². The van der Waals surface area contributed by atoms with Gasteiger partial charge in [0.2, 0.25) is 5.78 Å². The fourth-order valence-electron chi connectivity index (χ4n) is 7.33. The van der Waals surface area contributed by atoms with Crippen molar-refractivity contribution in [1.29, 1.82) is 0 Å². The van der Waals surface area contributed by atoms with Crippen LogP contribution in [0.25, 0.3) is 0 Å². The minimum absolute atomic E-state index is 0. The van der Waals surface area contributed by atoms with Crippen LogP contribution in [-0.2, 0) is 29.2 Å². The summed E-state index contributed by atoms with van der Waals surface area (Å²) in [4.78, 5) is 36.8. The van der Waals surface area contributed by atoms with Gasteiger partial charge in [0.1, 0.15) is 5.60 Å². The summed E-state index contributed by atoms with van der Waals surface area (Å²) >= 11 is 0. The van der Waals surface area contributed by atoms with Gasteiger partial charge in [-0.1, -0.05) is 25.5 Å². The number of fused-ring (bicyclic) bond motifs is 5. The first kappa shape index (κ1) is 28.7. The molecule has 0 saturated heterocycles. The van der Waals surface area contributed by atoms with Gasteiger partial charge in [0, 0.05) is 22.5 Å². The first-order chi connectivity index (χ1) is 15.7. The summed E-state index contributed by atoms with van der Waals surface area (Å²) in [6.07, 6.45) is 6.02. The average Bonchev–Trinajstić information content (AvgIpc) is 3.01. The number of Topliss-reactive ketones (excluding diaryl/α,β-unsaturated/α-hetero) is 1. The summed E-state index contributed by atoms with van der Waals surface area (Å²) in [6, 6.07) is 0. The minimum Gasteiger partial charge on any atom is -0.748 e. The zero-order valence-electron chi connectivity index (χ0n) is 20.4. The molecule has 0 heterocycles. The van der Waals surface area contributed by atoms with Gasteiger partial charge in [0.05, 0.1) is 22.6 Å². The fraction of sp³-hybridized carbons (Fsp3) is 0.708. The predicted molar refractivity (Wildman–Crippen MR) is 118 cm³/mol. The van der Waals surface area contributed by atoms with E-state index in [4.69, 9.17) is 4.74 Å². The summed E-state index contributed by atoms with van der Waals surface area (Å²) in [7, 11) is -4.59. The Morgan fingerprint density at radius 3 is 2.60 bits per heavy atom. The summed E-state index contributed by atoms with van der Waals surface area (Å²) in [5.74, 6) is -2.80. The van der Waals surface area contributed by atoms with Gasteiger partial charge in [-0.2, -0.15) is 0 Å². The number of aliphatic hydroxyl groups is 2. The van der Waals surface area contributed by atoms with Gasteiger partial charge < -0.3 is 19.5 Å². The fourth-order valence-corrected chi connectivity index (χ4v) is 7.75. The maximum Gasteiger partial charge on any atom is 1.00 e. The van der Waals surface area contributed by atoms with E-state index < -0.39 is 63.2 Å². The van der Waals surface area contributed by atoms with Crippen molar-refractivity contribution in [3.63, 3.8) is 0 Å². The third kappa shape index (κ3) is 4.87. The largest absolute Gasteiger partial charge is 1.00 e. The minimum atomic E-state index is -4.59. The number of hydrogen-bond donors (Lipinski definition) is 2. The van der Waals surface area contributed by atoms with Gasteiger partial charge >= 0.3 is 35.5 Å². The maximum absolute atomic E-state index is 13.1. The molecule has 188 valence electrons. The van der Waals surface area contributed by atoms with Crippen LogP contribution in [0.2, 0.25) is 0 Å². The van der Waals surface area contributed by atoms with E-state index in [0.717, 1.165) is 12.0 Å². The van der Waals surface area contributed by atoms with Crippen molar-refractivity contribution in [3.8, 4) is 0 Å². The molecule has 4 unspecified atom stereocenters. The molecule has 0 bridgehead atoms. The molecular weight excluding hydrogens is 487 g/mol. The molecule has 3 saturated carbocycles. The first-order valence-corrected chi connectivity index (χ1v) is 13.3. The number of hydrogen-bond acceptors (Lipinski definition) is 9. The number of allylic oxidation sites excluding steroid dienone is 4. The molecule has 4 rings (SSSR count). The first-order valence-electron chi connectivity index (χ1n) is 11.7. The third-order valence-corrected chi connectivity index (χ3v) is 9.73. The van der Waals surface area contributed by atoms with E-state index in [9.17, 15) is 37.6 Å². The van der Waals surface area contributed by atoms with Crippen molar-refractivity contribution in [1.82, 2.24) is 0 Å². The molecule has 0 aromatic heterocycles. The molecule has 0 aromatic rings. The number of esters is 1. The van der Waals surface area contributed by atoms with Crippen molar-refractivity contribution in [2.75, 3.05) is 12.4 Å². The number of carbonyl (C=O) groups excluding carboxylic acids is 3. The smallest absolute Gasteiger partial charge is 0.748 e. The Labute approximate surface area is 227 Å². The second-order valence-electron chi connectivity index (χ2n) is 10.7. The standard InChI is InChI=1S/C24H32O9S.Na/c1-22-8-5-15(25)11-14(22)3-4-16-17-6-9-24(29,23(17,2)12-18(26)21(16)22)19(27)13-33-20(28)7-10-34(30,31)32;/h5,8,11,16-18,21,26,29H,3-4,6-7,9-10,12-13H2,1-2H3,(H,30,31,32);/q;+1/p-1/t16?,17?,18?,21?,22-,23-,24-;/m0./s1. The Morgan fingerprint density at radius 1 is 1.26 bits per heavy atom. The van der Waals surface area contributed by atoms with Gasteiger partial charge in [-0.25, -0.2) is 8.42 Å². The molecule has 2 N–H and O–H groups in total. The zero-order chi connectivity index (χ0) is 25.1. The Hall–Kier alpha value is -0.880. The van der Waals surface area contributed by atoms with Gasteiger partial charge in [-0.3, -0.25) is 14.4 Å². The molecule has 11 heteroatoms. The van der Waals surface area contributed by atoms with Crippen LogP contribution in [0, 0.1) is 28.6 Å². The second-order valence-corrected chi connectivity index (χ2v) is 12.2. The van der Waals surface area contributed by atoms with E-state index in [1.807, 2.05) is 19.9 Å². The van der Waals surface area contributed by atoms with Crippen LogP contribution >= 0.6 is 0 Å². The molecule has 0 radical (unpaired) electrons. The topological polar surface area (TPSA) is 158 Å². The molecule has 4 aliphatic rings. The molecular formula is C24H31NaO9S. The van der Waals surface area contributed by atoms with Gasteiger partial charge in [0.25, 0.3) is 0 Å². The molecule has 0 aliphatic heterocycles. The van der Waals surface area contributed by atoms with E-state index in [-0.39, 0.29) is 65.9 Å². The van der Waals surface area contributed by atoms with Crippen molar-refractivity contribution in [3.05, 3.63) is 23.8 Å². The van der Waals surface area contributed by atoms with Crippen molar-refractivity contribution in [2.24, 2.45) is 28.6 Å². The molecule has 4 aliphatic carbocycles. The van der Waals surface area contributed by atoms with Crippen LogP contribution in [0.5, 0.6) is 0 Å². The SMILES string of the molecule is C[C@]12C=CC(=O)C=C1CCC1C2C(O)C[C@@]2(C)C1CC[C@]2(O)C(=O)COC(=O)CCS(=O)(=O)[O-].[Na+]. The second kappa shape index (κ2) is 9.78. The van der Waals surface area contributed by atoms with E-state index in [2.05, 4.69) is 0 Å².